The van der Waals surface area contributed by atoms with Crippen molar-refractivity contribution in [3.63, 3.8) is 0 Å². The number of rotatable bonds is 3. The molecule has 1 heterocycles. The average molecular weight is 237 g/mol. The van der Waals surface area contributed by atoms with Crippen molar-refractivity contribution in [2.45, 2.75) is 44.7 Å². The maximum absolute atomic E-state index is 5.28. The van der Waals surface area contributed by atoms with Crippen molar-refractivity contribution >= 4 is 17.3 Å². The number of aromatic nitrogens is 1. The number of hydrogen-bond donors (Lipinski definition) is 3. The van der Waals surface area contributed by atoms with Crippen LogP contribution in [0, 0.1) is 0 Å². The first kappa shape index (κ1) is 11.5. The van der Waals surface area contributed by atoms with Crippen LogP contribution in [0.15, 0.2) is 18.5 Å². The second kappa shape index (κ2) is 5.89. The summed E-state index contributed by atoms with van der Waals surface area (Å²) in [6.07, 6.45) is 10.5. The van der Waals surface area contributed by atoms with Crippen molar-refractivity contribution in [2.24, 2.45) is 0 Å². The quantitative estimate of drug-likeness (QED) is 0.707. The predicted molar refractivity (Wildman–Crippen MR) is 70.2 cm³/mol. The van der Waals surface area contributed by atoms with E-state index in [9.17, 15) is 0 Å². The van der Waals surface area contributed by atoms with E-state index in [1.165, 1.54) is 37.7 Å². The normalized spacial score (nSPS) is 17.0. The number of hydrogen-bond acceptors (Lipinski definition) is 1. The number of aromatic amines is 1. The van der Waals surface area contributed by atoms with E-state index in [1.807, 2.05) is 12.4 Å². The van der Waals surface area contributed by atoms with E-state index in [1.54, 1.807) is 0 Å². The molecule has 0 amide bonds. The molecule has 4 heteroatoms. The molecule has 0 bridgehead atoms. The number of nitrogens with one attached hydrogen (secondary N) is 3. The van der Waals surface area contributed by atoms with Crippen LogP contribution in [-0.2, 0) is 6.54 Å². The molecule has 0 aliphatic heterocycles. The standard InChI is InChI=1S/C12H19N3S/c16-12(14-9-10-6-7-13-8-10)15-11-4-2-1-3-5-11/h6-8,11,13H,1-5,9H2,(H2,14,15,16). The monoisotopic (exact) mass is 237 g/mol. The lowest BCUT2D eigenvalue weighted by molar-refractivity contribution is 0.412. The van der Waals surface area contributed by atoms with Gasteiger partial charge in [0.25, 0.3) is 0 Å². The van der Waals surface area contributed by atoms with Gasteiger partial charge < -0.3 is 15.6 Å². The third kappa shape index (κ3) is 3.52. The molecular formula is C12H19N3S. The highest BCUT2D eigenvalue weighted by atomic mass is 32.1. The van der Waals surface area contributed by atoms with Crippen LogP contribution in [0.4, 0.5) is 0 Å². The Kier molecular flexibility index (Phi) is 4.22. The zero-order valence-corrected chi connectivity index (χ0v) is 10.3. The Morgan fingerprint density at radius 3 is 2.88 bits per heavy atom. The van der Waals surface area contributed by atoms with Crippen molar-refractivity contribution in [1.29, 1.82) is 0 Å². The molecular weight excluding hydrogens is 218 g/mol. The SMILES string of the molecule is S=C(NCc1cc[nH]c1)NC1CCCCC1. The molecule has 3 nitrogen and oxygen atoms in total. The highest BCUT2D eigenvalue weighted by molar-refractivity contribution is 7.80. The fourth-order valence-electron chi connectivity index (χ4n) is 2.13. The molecule has 1 aliphatic carbocycles. The summed E-state index contributed by atoms with van der Waals surface area (Å²) in [6.45, 7) is 0.794. The van der Waals surface area contributed by atoms with E-state index in [4.69, 9.17) is 12.2 Å². The van der Waals surface area contributed by atoms with Gasteiger partial charge in [-0.15, -0.1) is 0 Å². The van der Waals surface area contributed by atoms with Crippen LogP contribution in [0.25, 0.3) is 0 Å². The molecule has 0 aromatic carbocycles. The predicted octanol–water partition coefficient (Wildman–Crippen LogP) is 2.31. The zero-order valence-electron chi connectivity index (χ0n) is 9.46. The Hall–Kier alpha value is -1.03. The van der Waals surface area contributed by atoms with Crippen molar-refractivity contribution < 1.29 is 0 Å². The van der Waals surface area contributed by atoms with Crippen LogP contribution in [0.2, 0.25) is 0 Å². The van der Waals surface area contributed by atoms with Gasteiger partial charge in [0.2, 0.25) is 0 Å². The highest BCUT2D eigenvalue weighted by Gasteiger charge is 2.13. The van der Waals surface area contributed by atoms with Crippen LogP contribution in [0.3, 0.4) is 0 Å². The Balaban J connectivity index is 1.67. The largest absolute Gasteiger partial charge is 0.367 e. The van der Waals surface area contributed by atoms with E-state index in [2.05, 4.69) is 21.7 Å². The van der Waals surface area contributed by atoms with Crippen molar-refractivity contribution in [3.05, 3.63) is 24.0 Å². The number of thiocarbonyl (C=S) groups is 1. The molecule has 0 spiro atoms. The maximum atomic E-state index is 5.28. The lowest BCUT2D eigenvalue weighted by Gasteiger charge is -2.24. The lowest BCUT2D eigenvalue weighted by atomic mass is 9.96. The molecule has 1 saturated carbocycles. The van der Waals surface area contributed by atoms with E-state index in [0.717, 1.165) is 11.7 Å². The molecule has 2 rings (SSSR count). The van der Waals surface area contributed by atoms with Gasteiger partial charge in [-0.3, -0.25) is 0 Å². The first-order chi connectivity index (χ1) is 7.84. The van der Waals surface area contributed by atoms with Gasteiger partial charge in [0.05, 0.1) is 0 Å². The van der Waals surface area contributed by atoms with Gasteiger partial charge in [0.15, 0.2) is 5.11 Å². The molecule has 1 aliphatic rings. The first-order valence-electron chi connectivity index (χ1n) is 6.00. The Labute approximate surface area is 102 Å². The second-order valence-electron chi connectivity index (χ2n) is 4.38. The summed E-state index contributed by atoms with van der Waals surface area (Å²) in [5.74, 6) is 0. The average Bonchev–Trinajstić information content (AvgIpc) is 2.81. The molecule has 0 saturated heterocycles. The second-order valence-corrected chi connectivity index (χ2v) is 4.79. The van der Waals surface area contributed by atoms with Gasteiger partial charge >= 0.3 is 0 Å². The van der Waals surface area contributed by atoms with Crippen LogP contribution in [-0.4, -0.2) is 16.1 Å². The molecule has 88 valence electrons. The Morgan fingerprint density at radius 1 is 1.38 bits per heavy atom. The van der Waals surface area contributed by atoms with Crippen molar-refractivity contribution in [2.75, 3.05) is 0 Å². The summed E-state index contributed by atoms with van der Waals surface area (Å²) in [6, 6.07) is 2.64. The molecule has 0 atom stereocenters. The van der Waals surface area contributed by atoms with Crippen molar-refractivity contribution in [1.82, 2.24) is 15.6 Å². The van der Waals surface area contributed by atoms with Crippen LogP contribution in [0.1, 0.15) is 37.7 Å². The molecule has 0 radical (unpaired) electrons. The maximum Gasteiger partial charge on any atom is 0.166 e. The topological polar surface area (TPSA) is 39.9 Å². The summed E-state index contributed by atoms with van der Waals surface area (Å²) >= 11 is 5.28. The van der Waals surface area contributed by atoms with Gasteiger partial charge in [-0.1, -0.05) is 19.3 Å². The fraction of sp³-hybridized carbons (Fsp3) is 0.583. The van der Waals surface area contributed by atoms with E-state index >= 15 is 0 Å². The van der Waals surface area contributed by atoms with Gasteiger partial charge in [0, 0.05) is 25.0 Å². The minimum Gasteiger partial charge on any atom is -0.367 e. The van der Waals surface area contributed by atoms with Gasteiger partial charge in [-0.05, 0) is 36.7 Å². The van der Waals surface area contributed by atoms with Crippen molar-refractivity contribution in [3.8, 4) is 0 Å². The third-order valence-corrected chi connectivity index (χ3v) is 3.32. The summed E-state index contributed by atoms with van der Waals surface area (Å²) < 4.78 is 0. The summed E-state index contributed by atoms with van der Waals surface area (Å²) in [7, 11) is 0. The molecule has 1 aromatic rings. The number of H-pyrrole nitrogens is 1. The van der Waals surface area contributed by atoms with Gasteiger partial charge in [-0.25, -0.2) is 0 Å². The van der Waals surface area contributed by atoms with Crippen LogP contribution < -0.4 is 10.6 Å². The highest BCUT2D eigenvalue weighted by Crippen LogP contribution is 2.17. The molecule has 16 heavy (non-hydrogen) atoms. The third-order valence-electron chi connectivity index (χ3n) is 3.06. The summed E-state index contributed by atoms with van der Waals surface area (Å²) in [4.78, 5) is 3.03. The Morgan fingerprint density at radius 2 is 2.19 bits per heavy atom. The van der Waals surface area contributed by atoms with Crippen LogP contribution in [0.5, 0.6) is 0 Å². The summed E-state index contributed by atoms with van der Waals surface area (Å²) in [5, 5.41) is 7.41. The van der Waals surface area contributed by atoms with Gasteiger partial charge in [0.1, 0.15) is 0 Å². The van der Waals surface area contributed by atoms with E-state index in [0.29, 0.717) is 6.04 Å². The molecule has 0 unspecified atom stereocenters. The minimum absolute atomic E-state index is 0.583. The molecule has 1 aromatic heterocycles. The van der Waals surface area contributed by atoms with Gasteiger partial charge in [-0.2, -0.15) is 0 Å². The summed E-state index contributed by atoms with van der Waals surface area (Å²) in [5.41, 5.74) is 1.23. The minimum atomic E-state index is 0.583. The first-order valence-corrected chi connectivity index (χ1v) is 6.41. The smallest absolute Gasteiger partial charge is 0.166 e. The molecule has 1 fully saturated rings. The van der Waals surface area contributed by atoms with E-state index in [-0.39, 0.29) is 0 Å². The Bertz CT molecular complexity index is 315. The lowest BCUT2D eigenvalue weighted by Crippen LogP contribution is -2.42. The zero-order chi connectivity index (χ0) is 11.2. The molecule has 3 N–H and O–H groups in total. The fourth-order valence-corrected chi connectivity index (χ4v) is 2.37. The van der Waals surface area contributed by atoms with Crippen LogP contribution >= 0.6 is 12.2 Å². The van der Waals surface area contributed by atoms with E-state index < -0.39 is 0 Å².